The second-order valence-corrected chi connectivity index (χ2v) is 7.80. The average Bonchev–Trinajstić information content (AvgIpc) is 2.78. The number of likely N-dealkylation sites (N-methyl/N-ethyl adjacent to an activating group) is 1. The molecule has 0 aromatic heterocycles. The van der Waals surface area contributed by atoms with E-state index in [1.165, 1.54) is 12.1 Å². The fourth-order valence-corrected chi connectivity index (χ4v) is 3.32. The predicted octanol–water partition coefficient (Wildman–Crippen LogP) is 3.22. The van der Waals surface area contributed by atoms with Gasteiger partial charge in [-0.15, -0.1) is 0 Å². The van der Waals surface area contributed by atoms with Crippen LogP contribution in [0.4, 0.5) is 9.18 Å². The van der Waals surface area contributed by atoms with Crippen molar-refractivity contribution >= 4 is 11.9 Å². The van der Waals surface area contributed by atoms with Crippen LogP contribution in [-0.4, -0.2) is 50.6 Å². The number of hydrogen-bond acceptors (Lipinski definition) is 4. The maximum Gasteiger partial charge on any atom is 0.315 e. The van der Waals surface area contributed by atoms with E-state index >= 15 is 0 Å². The zero-order valence-corrected chi connectivity index (χ0v) is 19.2. The molecule has 2 rings (SSSR count). The molecule has 32 heavy (non-hydrogen) atoms. The molecule has 174 valence electrons. The molecule has 2 aromatic carbocycles. The predicted molar refractivity (Wildman–Crippen MR) is 123 cm³/mol. The van der Waals surface area contributed by atoms with E-state index in [-0.39, 0.29) is 24.3 Å². The number of ether oxygens (including phenoxy) is 1. The lowest BCUT2D eigenvalue weighted by molar-refractivity contribution is -0.123. The van der Waals surface area contributed by atoms with E-state index < -0.39 is 12.1 Å². The molecule has 0 radical (unpaired) electrons. The number of hydrogen-bond donors (Lipinski definition) is 3. The van der Waals surface area contributed by atoms with Crippen LogP contribution in [0.1, 0.15) is 36.9 Å². The maximum atomic E-state index is 13.0. The Morgan fingerprint density at radius 1 is 1.09 bits per heavy atom. The zero-order chi connectivity index (χ0) is 23.5. The second kappa shape index (κ2) is 12.7. The highest BCUT2D eigenvalue weighted by atomic mass is 19.1. The third-order valence-electron chi connectivity index (χ3n) is 5.14. The van der Waals surface area contributed by atoms with Gasteiger partial charge in [-0.1, -0.05) is 37.6 Å². The van der Waals surface area contributed by atoms with Crippen LogP contribution in [0.3, 0.4) is 0 Å². The molecule has 0 aliphatic carbocycles. The van der Waals surface area contributed by atoms with Crippen molar-refractivity contribution in [3.05, 3.63) is 65.5 Å². The molecule has 0 fully saturated rings. The first-order chi connectivity index (χ1) is 15.3. The number of carbonyl (C=O) groups is 2. The Morgan fingerprint density at radius 2 is 1.81 bits per heavy atom. The minimum Gasteiger partial charge on any atom is -0.497 e. The number of benzene rings is 2. The Morgan fingerprint density at radius 3 is 2.44 bits per heavy atom. The van der Waals surface area contributed by atoms with Gasteiger partial charge in [0.15, 0.2) is 0 Å². The Kier molecular flexibility index (Phi) is 9.94. The SMILES string of the molecule is CCCC(NC(=O)NCc1ccc(F)cc1)C(=O)NCC(c1cccc(OC)c1)N(C)C. The summed E-state index contributed by atoms with van der Waals surface area (Å²) in [4.78, 5) is 27.2. The van der Waals surface area contributed by atoms with E-state index in [9.17, 15) is 14.0 Å². The van der Waals surface area contributed by atoms with Crippen molar-refractivity contribution in [2.45, 2.75) is 38.4 Å². The van der Waals surface area contributed by atoms with Gasteiger partial charge >= 0.3 is 6.03 Å². The van der Waals surface area contributed by atoms with Gasteiger partial charge in [-0.2, -0.15) is 0 Å². The van der Waals surface area contributed by atoms with Crippen molar-refractivity contribution in [2.24, 2.45) is 0 Å². The van der Waals surface area contributed by atoms with Gasteiger partial charge in [-0.25, -0.2) is 9.18 Å². The smallest absolute Gasteiger partial charge is 0.315 e. The Labute approximate surface area is 189 Å². The van der Waals surface area contributed by atoms with Gasteiger partial charge < -0.3 is 25.6 Å². The fraction of sp³-hybridized carbons (Fsp3) is 0.417. The van der Waals surface area contributed by atoms with Crippen molar-refractivity contribution in [1.29, 1.82) is 0 Å². The number of nitrogens with one attached hydrogen (secondary N) is 3. The van der Waals surface area contributed by atoms with Gasteiger partial charge in [-0.05, 0) is 55.9 Å². The third kappa shape index (κ3) is 7.85. The molecule has 2 atom stereocenters. The number of halogens is 1. The van der Waals surface area contributed by atoms with Crippen LogP contribution in [0.15, 0.2) is 48.5 Å². The summed E-state index contributed by atoms with van der Waals surface area (Å²) in [5.41, 5.74) is 1.79. The van der Waals surface area contributed by atoms with Gasteiger partial charge in [0, 0.05) is 13.1 Å². The topological polar surface area (TPSA) is 82.7 Å². The molecule has 8 heteroatoms. The highest BCUT2D eigenvalue weighted by Gasteiger charge is 2.22. The number of methoxy groups -OCH3 is 1. The lowest BCUT2D eigenvalue weighted by Gasteiger charge is -2.27. The first-order valence-electron chi connectivity index (χ1n) is 10.7. The highest BCUT2D eigenvalue weighted by molar-refractivity contribution is 5.87. The molecule has 0 spiro atoms. The molecule has 2 aromatic rings. The highest BCUT2D eigenvalue weighted by Crippen LogP contribution is 2.22. The molecule has 0 bridgehead atoms. The average molecular weight is 445 g/mol. The third-order valence-corrected chi connectivity index (χ3v) is 5.14. The monoisotopic (exact) mass is 444 g/mol. The van der Waals surface area contributed by atoms with Crippen molar-refractivity contribution in [2.75, 3.05) is 27.7 Å². The summed E-state index contributed by atoms with van der Waals surface area (Å²) in [6.45, 7) is 2.58. The van der Waals surface area contributed by atoms with E-state index in [0.29, 0.717) is 13.0 Å². The number of carbonyl (C=O) groups excluding carboxylic acids is 2. The molecular formula is C24H33FN4O3. The molecule has 2 unspecified atom stereocenters. The van der Waals surface area contributed by atoms with Crippen LogP contribution >= 0.6 is 0 Å². The summed E-state index contributed by atoms with van der Waals surface area (Å²) >= 11 is 0. The zero-order valence-electron chi connectivity index (χ0n) is 19.2. The summed E-state index contributed by atoms with van der Waals surface area (Å²) in [5.74, 6) is 0.186. The first-order valence-corrected chi connectivity index (χ1v) is 10.7. The Hall–Kier alpha value is -3.13. The summed E-state index contributed by atoms with van der Waals surface area (Å²) in [7, 11) is 5.51. The van der Waals surface area contributed by atoms with E-state index in [2.05, 4.69) is 16.0 Å². The van der Waals surface area contributed by atoms with E-state index in [1.54, 1.807) is 19.2 Å². The lowest BCUT2D eigenvalue weighted by atomic mass is 10.0. The fourth-order valence-electron chi connectivity index (χ4n) is 3.32. The molecule has 0 heterocycles. The minimum absolute atomic E-state index is 0.0522. The van der Waals surface area contributed by atoms with Crippen LogP contribution in [0.2, 0.25) is 0 Å². The van der Waals surface area contributed by atoms with E-state index in [4.69, 9.17) is 4.74 Å². The Balaban J connectivity index is 1.94. The second-order valence-electron chi connectivity index (χ2n) is 7.80. The van der Waals surface area contributed by atoms with Gasteiger partial charge in [0.2, 0.25) is 5.91 Å². The number of urea groups is 1. The van der Waals surface area contributed by atoms with Crippen LogP contribution < -0.4 is 20.7 Å². The summed E-state index contributed by atoms with van der Waals surface area (Å²) in [6.07, 6.45) is 1.25. The van der Waals surface area contributed by atoms with E-state index in [0.717, 1.165) is 23.3 Å². The minimum atomic E-state index is -0.652. The standard InChI is InChI=1S/C24H33FN4O3/c1-5-7-21(28-24(31)27-15-17-10-12-19(25)13-11-17)23(30)26-16-22(29(2)3)18-8-6-9-20(14-18)32-4/h6,8-14,21-22H,5,7,15-16H2,1-4H3,(H,26,30)(H2,27,28,31). The van der Waals surface area contributed by atoms with Gasteiger partial charge in [-0.3, -0.25) is 4.79 Å². The first kappa shape index (κ1) is 25.1. The lowest BCUT2D eigenvalue weighted by Crippen LogP contribution is -2.50. The van der Waals surface area contributed by atoms with Crippen LogP contribution in [-0.2, 0) is 11.3 Å². The Bertz CT molecular complexity index is 874. The van der Waals surface area contributed by atoms with Gasteiger partial charge in [0.25, 0.3) is 0 Å². The van der Waals surface area contributed by atoms with E-state index in [1.807, 2.05) is 50.2 Å². The van der Waals surface area contributed by atoms with Crippen molar-refractivity contribution in [1.82, 2.24) is 20.9 Å². The molecule has 0 aliphatic heterocycles. The quantitative estimate of drug-likeness (QED) is 0.497. The largest absolute Gasteiger partial charge is 0.497 e. The number of nitrogens with zero attached hydrogens (tertiary/aromatic N) is 1. The van der Waals surface area contributed by atoms with Crippen LogP contribution in [0, 0.1) is 5.82 Å². The van der Waals surface area contributed by atoms with Crippen molar-refractivity contribution in [3.63, 3.8) is 0 Å². The van der Waals surface area contributed by atoms with Crippen LogP contribution in [0.5, 0.6) is 5.75 Å². The van der Waals surface area contributed by atoms with Gasteiger partial charge in [0.05, 0.1) is 13.2 Å². The van der Waals surface area contributed by atoms with Crippen molar-refractivity contribution < 1.29 is 18.7 Å². The molecule has 0 saturated carbocycles. The summed E-state index contributed by atoms with van der Waals surface area (Å²) in [6, 6.07) is 12.5. The summed E-state index contributed by atoms with van der Waals surface area (Å²) in [5, 5.41) is 8.41. The normalized spacial score (nSPS) is 12.7. The molecule has 3 N–H and O–H groups in total. The molecule has 0 aliphatic rings. The maximum absolute atomic E-state index is 13.0. The molecular weight excluding hydrogens is 411 g/mol. The van der Waals surface area contributed by atoms with Gasteiger partial charge in [0.1, 0.15) is 17.6 Å². The number of rotatable bonds is 11. The van der Waals surface area contributed by atoms with Crippen LogP contribution in [0.25, 0.3) is 0 Å². The molecule has 0 saturated heterocycles. The number of amides is 3. The summed E-state index contributed by atoms with van der Waals surface area (Å²) < 4.78 is 18.3. The van der Waals surface area contributed by atoms with Crippen molar-refractivity contribution in [3.8, 4) is 5.75 Å². The molecule has 7 nitrogen and oxygen atoms in total. The molecule has 3 amide bonds.